The molecule has 6 nitrogen and oxygen atoms in total. The summed E-state index contributed by atoms with van der Waals surface area (Å²) in [7, 11) is 1.71. The molecule has 0 spiro atoms. The average Bonchev–Trinajstić information content (AvgIpc) is 2.83. The molecule has 1 aliphatic rings. The van der Waals surface area contributed by atoms with Crippen LogP contribution in [0.5, 0.6) is 0 Å². The highest BCUT2D eigenvalue weighted by Crippen LogP contribution is 2.35. The first-order valence-electron chi connectivity index (χ1n) is 6.58. The van der Waals surface area contributed by atoms with Crippen molar-refractivity contribution >= 4 is 11.4 Å². The number of hydrogen-bond donors (Lipinski definition) is 1. The maximum absolute atomic E-state index is 11.2. The average molecular weight is 275 g/mol. The van der Waals surface area contributed by atoms with E-state index in [1.54, 1.807) is 24.1 Å². The molecule has 1 aliphatic carbocycles. The van der Waals surface area contributed by atoms with Crippen molar-refractivity contribution in [3.05, 3.63) is 33.9 Å². The number of benzene rings is 1. The fourth-order valence-electron chi connectivity index (χ4n) is 2.84. The van der Waals surface area contributed by atoms with E-state index in [0.717, 1.165) is 12.8 Å². The molecule has 1 aromatic rings. The van der Waals surface area contributed by atoms with Gasteiger partial charge in [-0.05, 0) is 25.0 Å². The standard InChI is InChI=1S/C14H17N3O3/c1-16(10-14(18)7-2-3-8-14)12-6-4-5-11(9-15)13(12)17(19)20/h4-6,18H,2-3,7-8,10H2,1H3. The SMILES string of the molecule is CN(CC1(O)CCCC1)c1cccc(C#N)c1[N+](=O)[O-]. The number of anilines is 1. The molecule has 1 fully saturated rings. The van der Waals surface area contributed by atoms with Crippen LogP contribution in [0.4, 0.5) is 11.4 Å². The van der Waals surface area contributed by atoms with Crippen LogP contribution in [0.2, 0.25) is 0 Å². The van der Waals surface area contributed by atoms with E-state index in [1.165, 1.54) is 6.07 Å². The Morgan fingerprint density at radius 1 is 1.50 bits per heavy atom. The van der Waals surface area contributed by atoms with Gasteiger partial charge >= 0.3 is 5.69 Å². The molecule has 0 heterocycles. The van der Waals surface area contributed by atoms with Gasteiger partial charge < -0.3 is 10.0 Å². The number of nitro groups is 1. The number of nitro benzene ring substituents is 1. The lowest BCUT2D eigenvalue weighted by atomic mass is 10.0. The van der Waals surface area contributed by atoms with Gasteiger partial charge in [-0.25, -0.2) is 0 Å². The minimum atomic E-state index is -0.786. The van der Waals surface area contributed by atoms with Crippen molar-refractivity contribution in [2.75, 3.05) is 18.5 Å². The predicted molar refractivity (Wildman–Crippen MR) is 74.5 cm³/mol. The Morgan fingerprint density at radius 2 is 2.15 bits per heavy atom. The monoisotopic (exact) mass is 275 g/mol. The van der Waals surface area contributed by atoms with Gasteiger partial charge in [0.25, 0.3) is 0 Å². The number of nitriles is 1. The largest absolute Gasteiger partial charge is 0.388 e. The van der Waals surface area contributed by atoms with Crippen LogP contribution in [0.25, 0.3) is 0 Å². The lowest BCUT2D eigenvalue weighted by molar-refractivity contribution is -0.384. The van der Waals surface area contributed by atoms with Crippen LogP contribution in [0.1, 0.15) is 31.2 Å². The first kappa shape index (κ1) is 14.3. The molecule has 1 saturated carbocycles. The van der Waals surface area contributed by atoms with E-state index in [0.29, 0.717) is 25.1 Å². The fourth-order valence-corrected chi connectivity index (χ4v) is 2.84. The van der Waals surface area contributed by atoms with Gasteiger partial charge in [-0.2, -0.15) is 5.26 Å². The lowest BCUT2D eigenvalue weighted by Gasteiger charge is -2.29. The minimum Gasteiger partial charge on any atom is -0.388 e. The third kappa shape index (κ3) is 2.73. The second kappa shape index (κ2) is 5.47. The molecule has 0 saturated heterocycles. The lowest BCUT2D eigenvalue weighted by Crippen LogP contribution is -2.39. The van der Waals surface area contributed by atoms with E-state index < -0.39 is 10.5 Å². The molecule has 2 rings (SSSR count). The van der Waals surface area contributed by atoms with Gasteiger partial charge in [0, 0.05) is 13.6 Å². The first-order chi connectivity index (χ1) is 9.47. The zero-order chi connectivity index (χ0) is 14.8. The van der Waals surface area contributed by atoms with E-state index in [-0.39, 0.29) is 11.3 Å². The number of aliphatic hydroxyl groups is 1. The number of nitrogens with zero attached hydrogens (tertiary/aromatic N) is 3. The van der Waals surface area contributed by atoms with E-state index in [1.807, 2.05) is 6.07 Å². The van der Waals surface area contributed by atoms with Crippen molar-refractivity contribution in [3.8, 4) is 6.07 Å². The van der Waals surface area contributed by atoms with Gasteiger partial charge in [0.05, 0.1) is 10.5 Å². The molecule has 0 atom stereocenters. The Labute approximate surface area is 117 Å². The van der Waals surface area contributed by atoms with E-state index >= 15 is 0 Å². The highest BCUT2D eigenvalue weighted by molar-refractivity contribution is 5.69. The van der Waals surface area contributed by atoms with Crippen molar-refractivity contribution in [2.24, 2.45) is 0 Å². The van der Waals surface area contributed by atoms with E-state index in [2.05, 4.69) is 0 Å². The van der Waals surface area contributed by atoms with Crippen molar-refractivity contribution in [1.29, 1.82) is 5.26 Å². The Morgan fingerprint density at radius 3 is 2.70 bits per heavy atom. The van der Waals surface area contributed by atoms with Crippen LogP contribution >= 0.6 is 0 Å². The summed E-state index contributed by atoms with van der Waals surface area (Å²) in [6, 6.07) is 6.50. The zero-order valence-electron chi connectivity index (χ0n) is 11.4. The molecule has 0 amide bonds. The van der Waals surface area contributed by atoms with Crippen LogP contribution in [0.15, 0.2) is 18.2 Å². The maximum Gasteiger partial charge on any atom is 0.310 e. The van der Waals surface area contributed by atoms with Gasteiger partial charge in [-0.15, -0.1) is 0 Å². The number of hydrogen-bond acceptors (Lipinski definition) is 5. The van der Waals surface area contributed by atoms with Gasteiger partial charge in [0.1, 0.15) is 17.3 Å². The van der Waals surface area contributed by atoms with Crippen LogP contribution < -0.4 is 4.90 Å². The van der Waals surface area contributed by atoms with Gasteiger partial charge in [0.2, 0.25) is 0 Å². The minimum absolute atomic E-state index is 0.0396. The normalized spacial score (nSPS) is 16.6. The second-order valence-electron chi connectivity index (χ2n) is 5.33. The highest BCUT2D eigenvalue weighted by atomic mass is 16.6. The van der Waals surface area contributed by atoms with Crippen molar-refractivity contribution in [1.82, 2.24) is 0 Å². The summed E-state index contributed by atoms with van der Waals surface area (Å²) in [5, 5.41) is 30.6. The quantitative estimate of drug-likeness (QED) is 0.672. The molecule has 0 aliphatic heterocycles. The van der Waals surface area contributed by atoms with E-state index in [9.17, 15) is 15.2 Å². The van der Waals surface area contributed by atoms with Gasteiger partial charge in [-0.1, -0.05) is 18.9 Å². The molecule has 1 aromatic carbocycles. The molecule has 0 aromatic heterocycles. The smallest absolute Gasteiger partial charge is 0.310 e. The molecular formula is C14H17N3O3. The molecule has 6 heteroatoms. The Kier molecular flexibility index (Phi) is 3.91. The summed E-state index contributed by atoms with van der Waals surface area (Å²) in [6.07, 6.45) is 3.38. The summed E-state index contributed by atoms with van der Waals surface area (Å²) < 4.78 is 0. The Balaban J connectivity index is 2.32. The van der Waals surface area contributed by atoms with Crippen LogP contribution in [0, 0.1) is 21.4 Å². The third-order valence-corrected chi connectivity index (χ3v) is 3.79. The number of rotatable bonds is 4. The summed E-state index contributed by atoms with van der Waals surface area (Å²) in [5.74, 6) is 0. The molecule has 0 unspecified atom stereocenters. The summed E-state index contributed by atoms with van der Waals surface area (Å²) in [5.41, 5.74) is -0.572. The van der Waals surface area contributed by atoms with Crippen LogP contribution in [-0.2, 0) is 0 Å². The summed E-state index contributed by atoms with van der Waals surface area (Å²) in [6.45, 7) is 0.336. The fraction of sp³-hybridized carbons (Fsp3) is 0.500. The molecular weight excluding hydrogens is 258 g/mol. The Hall–Kier alpha value is -2.13. The van der Waals surface area contributed by atoms with Gasteiger partial charge in [0.15, 0.2) is 0 Å². The van der Waals surface area contributed by atoms with Gasteiger partial charge in [-0.3, -0.25) is 10.1 Å². The zero-order valence-corrected chi connectivity index (χ0v) is 11.4. The molecule has 1 N–H and O–H groups in total. The summed E-state index contributed by atoms with van der Waals surface area (Å²) >= 11 is 0. The molecule has 0 bridgehead atoms. The molecule has 0 radical (unpaired) electrons. The maximum atomic E-state index is 11.2. The van der Waals surface area contributed by atoms with Crippen molar-refractivity contribution in [2.45, 2.75) is 31.3 Å². The van der Waals surface area contributed by atoms with Crippen LogP contribution in [0.3, 0.4) is 0 Å². The molecule has 106 valence electrons. The highest BCUT2D eigenvalue weighted by Gasteiger charge is 2.34. The van der Waals surface area contributed by atoms with E-state index in [4.69, 9.17) is 5.26 Å². The topological polar surface area (TPSA) is 90.4 Å². The molecule has 20 heavy (non-hydrogen) atoms. The third-order valence-electron chi connectivity index (χ3n) is 3.79. The summed E-state index contributed by atoms with van der Waals surface area (Å²) in [4.78, 5) is 12.3. The number of para-hydroxylation sites is 1. The predicted octanol–water partition coefficient (Wildman–Crippen LogP) is 2.21. The van der Waals surface area contributed by atoms with Crippen LogP contribution in [-0.4, -0.2) is 29.2 Å². The van der Waals surface area contributed by atoms with Crippen molar-refractivity contribution in [3.63, 3.8) is 0 Å². The Bertz CT molecular complexity index is 559. The second-order valence-corrected chi connectivity index (χ2v) is 5.33. The first-order valence-corrected chi connectivity index (χ1v) is 6.58. The van der Waals surface area contributed by atoms with Crippen molar-refractivity contribution < 1.29 is 10.0 Å². The number of likely N-dealkylation sites (N-methyl/N-ethyl adjacent to an activating group) is 1.